The molecule has 1 N–H and O–H groups in total. The van der Waals surface area contributed by atoms with Gasteiger partial charge in [-0.15, -0.1) is 0 Å². The third kappa shape index (κ3) is 5.13. The third-order valence-electron chi connectivity index (χ3n) is 6.25. The van der Waals surface area contributed by atoms with Gasteiger partial charge in [0.2, 0.25) is 0 Å². The fraction of sp³-hybridized carbons (Fsp3) is 0.417. The monoisotopic (exact) mass is 456 g/mol. The van der Waals surface area contributed by atoms with Gasteiger partial charge in [-0.3, -0.25) is 0 Å². The maximum atomic E-state index is 13.1. The van der Waals surface area contributed by atoms with E-state index in [-0.39, 0.29) is 23.9 Å². The zero-order chi connectivity index (χ0) is 23.4. The van der Waals surface area contributed by atoms with Gasteiger partial charge < -0.3 is 29.5 Å². The molecular formula is C24H29FN4O4. The molecule has 8 nitrogen and oxygen atoms in total. The van der Waals surface area contributed by atoms with E-state index in [0.29, 0.717) is 49.9 Å². The van der Waals surface area contributed by atoms with E-state index in [0.717, 1.165) is 18.4 Å². The second-order valence-corrected chi connectivity index (χ2v) is 8.24. The molecule has 4 rings (SSSR count). The van der Waals surface area contributed by atoms with Crippen molar-refractivity contribution in [2.24, 2.45) is 0 Å². The number of hydrogen-bond acceptors (Lipinski definition) is 4. The van der Waals surface area contributed by atoms with E-state index in [1.54, 1.807) is 54.4 Å². The molecule has 0 spiro atoms. The summed E-state index contributed by atoms with van der Waals surface area (Å²) in [6, 6.07) is 11.4. The van der Waals surface area contributed by atoms with Crippen molar-refractivity contribution < 1.29 is 23.5 Å². The summed E-state index contributed by atoms with van der Waals surface area (Å²) in [7, 11) is 3.12. The molecule has 0 unspecified atom stereocenters. The molecule has 0 aromatic heterocycles. The maximum Gasteiger partial charge on any atom is 0.321 e. The number of nitrogens with one attached hydrogen (secondary N) is 1. The van der Waals surface area contributed by atoms with E-state index in [1.807, 2.05) is 4.90 Å². The van der Waals surface area contributed by atoms with Gasteiger partial charge in [-0.25, -0.2) is 14.0 Å². The molecule has 2 aromatic carbocycles. The first kappa shape index (κ1) is 22.7. The highest BCUT2D eigenvalue weighted by Crippen LogP contribution is 2.30. The highest BCUT2D eigenvalue weighted by Gasteiger charge is 2.36. The van der Waals surface area contributed by atoms with E-state index in [1.165, 1.54) is 12.1 Å². The Labute approximate surface area is 192 Å². The number of halogens is 1. The van der Waals surface area contributed by atoms with Crippen LogP contribution in [0.15, 0.2) is 42.5 Å². The standard InChI is InChI=1S/C24H29FN4O4/c1-32-20-7-8-22(33-2)21(15-20)26-23(30)27-11-9-19(10-12-27)29-14-13-28(24(29)31)16-17-3-5-18(25)6-4-17/h3-8,15,19H,9-14,16H2,1-2H3,(H,26,30). The quantitative estimate of drug-likeness (QED) is 0.718. The Hall–Kier alpha value is -3.49. The number of amides is 4. The van der Waals surface area contributed by atoms with Crippen LogP contribution in [0.1, 0.15) is 18.4 Å². The lowest BCUT2D eigenvalue weighted by Crippen LogP contribution is -2.49. The molecular weight excluding hydrogens is 427 g/mol. The largest absolute Gasteiger partial charge is 0.497 e. The van der Waals surface area contributed by atoms with E-state index < -0.39 is 0 Å². The van der Waals surface area contributed by atoms with Gasteiger partial charge in [0.25, 0.3) is 0 Å². The topological polar surface area (TPSA) is 74.4 Å². The number of benzene rings is 2. The molecule has 2 aliphatic heterocycles. The van der Waals surface area contributed by atoms with Gasteiger partial charge in [0, 0.05) is 44.8 Å². The number of methoxy groups -OCH3 is 2. The van der Waals surface area contributed by atoms with Crippen LogP contribution in [0.4, 0.5) is 19.7 Å². The van der Waals surface area contributed by atoms with Gasteiger partial charge in [-0.1, -0.05) is 12.1 Å². The number of urea groups is 2. The van der Waals surface area contributed by atoms with Crippen LogP contribution >= 0.6 is 0 Å². The lowest BCUT2D eigenvalue weighted by atomic mass is 10.0. The summed E-state index contributed by atoms with van der Waals surface area (Å²) in [6.45, 7) is 2.90. The number of nitrogens with zero attached hydrogens (tertiary/aromatic N) is 3. The van der Waals surface area contributed by atoms with E-state index >= 15 is 0 Å². The average Bonchev–Trinajstić information content (AvgIpc) is 3.20. The van der Waals surface area contributed by atoms with Crippen molar-refractivity contribution in [1.82, 2.24) is 14.7 Å². The van der Waals surface area contributed by atoms with E-state index in [4.69, 9.17) is 9.47 Å². The summed E-state index contributed by atoms with van der Waals surface area (Å²) in [4.78, 5) is 31.2. The minimum atomic E-state index is -0.284. The average molecular weight is 457 g/mol. The molecule has 2 saturated heterocycles. The summed E-state index contributed by atoms with van der Waals surface area (Å²) in [5.41, 5.74) is 1.46. The van der Waals surface area contributed by atoms with Crippen LogP contribution in [-0.2, 0) is 6.54 Å². The van der Waals surface area contributed by atoms with Crippen molar-refractivity contribution in [1.29, 1.82) is 0 Å². The minimum absolute atomic E-state index is 0.00310. The Morgan fingerprint density at radius 1 is 1.03 bits per heavy atom. The van der Waals surface area contributed by atoms with Crippen LogP contribution in [0.5, 0.6) is 11.5 Å². The Morgan fingerprint density at radius 3 is 2.42 bits per heavy atom. The predicted molar refractivity (Wildman–Crippen MR) is 122 cm³/mol. The third-order valence-corrected chi connectivity index (χ3v) is 6.25. The molecule has 2 aliphatic rings. The first-order valence-corrected chi connectivity index (χ1v) is 11.1. The summed E-state index contributed by atoms with van der Waals surface area (Å²) in [5.74, 6) is 0.902. The summed E-state index contributed by atoms with van der Waals surface area (Å²) >= 11 is 0. The predicted octanol–water partition coefficient (Wildman–Crippen LogP) is 3.78. The molecule has 0 aliphatic carbocycles. The number of piperidine rings is 1. The fourth-order valence-electron chi connectivity index (χ4n) is 4.38. The van der Waals surface area contributed by atoms with Gasteiger partial charge in [-0.05, 0) is 42.7 Å². The first-order chi connectivity index (χ1) is 16.0. The lowest BCUT2D eigenvalue weighted by molar-refractivity contribution is 0.139. The highest BCUT2D eigenvalue weighted by atomic mass is 19.1. The van der Waals surface area contributed by atoms with Gasteiger partial charge >= 0.3 is 12.1 Å². The molecule has 0 saturated carbocycles. The molecule has 0 atom stereocenters. The SMILES string of the molecule is COc1ccc(OC)c(NC(=O)N2CCC(N3CCN(Cc4ccc(F)cc4)C3=O)CC2)c1. The number of likely N-dealkylation sites (tertiary alicyclic amines) is 1. The summed E-state index contributed by atoms with van der Waals surface area (Å²) in [5, 5.41) is 2.90. The summed E-state index contributed by atoms with van der Waals surface area (Å²) in [6.07, 6.45) is 1.44. The maximum absolute atomic E-state index is 13.1. The molecule has 0 radical (unpaired) electrons. The Kier molecular flexibility index (Phi) is 6.86. The van der Waals surface area contributed by atoms with Crippen molar-refractivity contribution in [3.8, 4) is 11.5 Å². The minimum Gasteiger partial charge on any atom is -0.497 e. The van der Waals surface area contributed by atoms with Gasteiger partial charge in [0.15, 0.2) is 0 Å². The number of ether oxygens (including phenoxy) is 2. The fourth-order valence-corrected chi connectivity index (χ4v) is 4.38. The van der Waals surface area contributed by atoms with E-state index in [2.05, 4.69) is 5.32 Å². The van der Waals surface area contributed by atoms with Gasteiger partial charge in [-0.2, -0.15) is 0 Å². The van der Waals surface area contributed by atoms with Crippen molar-refractivity contribution in [2.75, 3.05) is 45.7 Å². The second kappa shape index (κ2) is 9.97. The second-order valence-electron chi connectivity index (χ2n) is 8.24. The summed E-state index contributed by atoms with van der Waals surface area (Å²) < 4.78 is 23.7. The molecule has 4 amide bonds. The normalized spacial score (nSPS) is 16.8. The van der Waals surface area contributed by atoms with Crippen molar-refractivity contribution in [3.63, 3.8) is 0 Å². The molecule has 2 heterocycles. The molecule has 33 heavy (non-hydrogen) atoms. The van der Waals surface area contributed by atoms with Gasteiger partial charge in [0.1, 0.15) is 17.3 Å². The van der Waals surface area contributed by atoms with Crippen LogP contribution < -0.4 is 14.8 Å². The van der Waals surface area contributed by atoms with Crippen LogP contribution in [-0.4, -0.2) is 73.2 Å². The van der Waals surface area contributed by atoms with Crippen LogP contribution in [0.2, 0.25) is 0 Å². The van der Waals surface area contributed by atoms with Crippen LogP contribution in [0, 0.1) is 5.82 Å². The van der Waals surface area contributed by atoms with E-state index in [9.17, 15) is 14.0 Å². The molecule has 9 heteroatoms. The molecule has 176 valence electrons. The van der Waals surface area contributed by atoms with Crippen LogP contribution in [0.3, 0.4) is 0 Å². The number of rotatable bonds is 6. The zero-order valence-corrected chi connectivity index (χ0v) is 18.9. The van der Waals surface area contributed by atoms with Gasteiger partial charge in [0.05, 0.1) is 19.9 Å². The number of carbonyl (C=O) groups excluding carboxylic acids is 2. The highest BCUT2D eigenvalue weighted by molar-refractivity contribution is 5.91. The first-order valence-electron chi connectivity index (χ1n) is 11.1. The molecule has 0 bridgehead atoms. The zero-order valence-electron chi connectivity index (χ0n) is 18.9. The molecule has 2 fully saturated rings. The van der Waals surface area contributed by atoms with Crippen molar-refractivity contribution in [2.45, 2.75) is 25.4 Å². The van der Waals surface area contributed by atoms with Crippen molar-refractivity contribution >= 4 is 17.7 Å². The van der Waals surface area contributed by atoms with Crippen molar-refractivity contribution in [3.05, 3.63) is 53.8 Å². The lowest BCUT2D eigenvalue weighted by Gasteiger charge is -2.36. The molecule has 2 aromatic rings. The smallest absolute Gasteiger partial charge is 0.321 e. The number of anilines is 1. The van der Waals surface area contributed by atoms with Crippen LogP contribution in [0.25, 0.3) is 0 Å². The Bertz CT molecular complexity index is 992. The number of carbonyl (C=O) groups is 2. The number of hydrogen-bond donors (Lipinski definition) is 1. The Morgan fingerprint density at radius 2 is 1.76 bits per heavy atom. The Balaban J connectivity index is 1.30.